The minimum absolute atomic E-state index is 0.874. The highest BCUT2D eigenvalue weighted by Gasteiger charge is 2.02. The first-order valence-corrected chi connectivity index (χ1v) is 5.02. The van der Waals surface area contributed by atoms with Crippen LogP contribution in [0.25, 0.3) is 10.1 Å². The standard InChI is InChI=1S/C10H9ClS/c1-6-3-7(2)10-8(4-6)5-9(11)12-10/h3-5H,1-2H3. The van der Waals surface area contributed by atoms with Gasteiger partial charge in [0.05, 0.1) is 4.34 Å². The highest BCUT2D eigenvalue weighted by Crippen LogP contribution is 2.32. The first-order chi connectivity index (χ1) is 5.66. The van der Waals surface area contributed by atoms with Gasteiger partial charge in [-0.3, -0.25) is 0 Å². The van der Waals surface area contributed by atoms with E-state index in [9.17, 15) is 0 Å². The van der Waals surface area contributed by atoms with E-state index in [1.54, 1.807) is 11.3 Å². The molecule has 2 heteroatoms. The number of fused-ring (bicyclic) bond motifs is 1. The van der Waals surface area contributed by atoms with Gasteiger partial charge in [-0.2, -0.15) is 0 Å². The molecule has 62 valence electrons. The molecular weight excluding hydrogens is 188 g/mol. The van der Waals surface area contributed by atoms with E-state index in [1.807, 2.05) is 6.07 Å². The molecule has 0 saturated carbocycles. The summed E-state index contributed by atoms with van der Waals surface area (Å²) in [5, 5.41) is 1.27. The van der Waals surface area contributed by atoms with Gasteiger partial charge in [-0.25, -0.2) is 0 Å². The predicted molar refractivity (Wildman–Crippen MR) is 56.3 cm³/mol. The minimum Gasteiger partial charge on any atom is -0.123 e. The lowest BCUT2D eigenvalue weighted by molar-refractivity contribution is 1.44. The molecule has 0 spiro atoms. The van der Waals surface area contributed by atoms with E-state index in [4.69, 9.17) is 11.6 Å². The lowest BCUT2D eigenvalue weighted by Crippen LogP contribution is -1.75. The van der Waals surface area contributed by atoms with Gasteiger partial charge in [-0.15, -0.1) is 11.3 Å². The molecule has 0 saturated heterocycles. The van der Waals surface area contributed by atoms with E-state index >= 15 is 0 Å². The second-order valence-electron chi connectivity index (χ2n) is 3.05. The Bertz CT molecular complexity index is 429. The lowest BCUT2D eigenvalue weighted by Gasteiger charge is -1.97. The smallest absolute Gasteiger partial charge is 0.0940 e. The predicted octanol–water partition coefficient (Wildman–Crippen LogP) is 4.17. The Morgan fingerprint density at radius 1 is 1.17 bits per heavy atom. The Morgan fingerprint density at radius 3 is 2.67 bits per heavy atom. The first kappa shape index (κ1) is 8.09. The molecule has 1 aromatic heterocycles. The van der Waals surface area contributed by atoms with Gasteiger partial charge < -0.3 is 0 Å². The molecule has 1 aromatic carbocycles. The molecular formula is C10H9ClS. The third-order valence-electron chi connectivity index (χ3n) is 1.92. The normalized spacial score (nSPS) is 10.9. The van der Waals surface area contributed by atoms with Crippen LogP contribution in [0.15, 0.2) is 18.2 Å². The number of benzene rings is 1. The van der Waals surface area contributed by atoms with Crippen molar-refractivity contribution < 1.29 is 0 Å². The van der Waals surface area contributed by atoms with Gasteiger partial charge in [-0.05, 0) is 30.9 Å². The van der Waals surface area contributed by atoms with Crippen LogP contribution in [0.4, 0.5) is 0 Å². The van der Waals surface area contributed by atoms with Crippen LogP contribution in [0.1, 0.15) is 11.1 Å². The Kier molecular flexibility index (Phi) is 1.85. The molecule has 2 rings (SSSR count). The molecule has 0 atom stereocenters. The number of aryl methyl sites for hydroxylation is 2. The summed E-state index contributed by atoms with van der Waals surface area (Å²) in [7, 11) is 0. The summed E-state index contributed by atoms with van der Waals surface area (Å²) in [6.07, 6.45) is 0. The summed E-state index contributed by atoms with van der Waals surface area (Å²) >= 11 is 7.58. The van der Waals surface area contributed by atoms with Crippen molar-refractivity contribution in [1.82, 2.24) is 0 Å². The maximum absolute atomic E-state index is 5.93. The number of rotatable bonds is 0. The quantitative estimate of drug-likeness (QED) is 0.593. The first-order valence-electron chi connectivity index (χ1n) is 3.83. The van der Waals surface area contributed by atoms with Gasteiger partial charge in [0, 0.05) is 4.70 Å². The summed E-state index contributed by atoms with van der Waals surface area (Å²) < 4.78 is 2.18. The van der Waals surface area contributed by atoms with E-state index < -0.39 is 0 Å². The van der Waals surface area contributed by atoms with Crippen molar-refractivity contribution in [3.8, 4) is 0 Å². The Morgan fingerprint density at radius 2 is 1.92 bits per heavy atom. The van der Waals surface area contributed by atoms with Crippen LogP contribution in [-0.2, 0) is 0 Å². The van der Waals surface area contributed by atoms with Crippen LogP contribution < -0.4 is 0 Å². The SMILES string of the molecule is Cc1cc(C)c2sc(Cl)cc2c1. The summed E-state index contributed by atoms with van der Waals surface area (Å²) in [6.45, 7) is 4.24. The summed E-state index contributed by atoms with van der Waals surface area (Å²) in [5.74, 6) is 0. The van der Waals surface area contributed by atoms with Crippen LogP contribution in [0, 0.1) is 13.8 Å². The van der Waals surface area contributed by atoms with Crippen LogP contribution in [-0.4, -0.2) is 0 Å². The summed E-state index contributed by atoms with van der Waals surface area (Å²) in [5.41, 5.74) is 2.62. The second-order valence-corrected chi connectivity index (χ2v) is 4.73. The third kappa shape index (κ3) is 1.23. The van der Waals surface area contributed by atoms with E-state index in [0.717, 1.165) is 4.34 Å². The number of thiophene rings is 1. The molecule has 12 heavy (non-hydrogen) atoms. The molecule has 1 heterocycles. The lowest BCUT2D eigenvalue weighted by atomic mass is 10.1. The molecule has 0 amide bonds. The molecule has 0 fully saturated rings. The summed E-state index contributed by atoms with van der Waals surface area (Å²) in [6, 6.07) is 6.39. The largest absolute Gasteiger partial charge is 0.123 e. The molecule has 0 N–H and O–H groups in total. The van der Waals surface area contributed by atoms with Crippen LogP contribution in [0.5, 0.6) is 0 Å². The zero-order valence-corrected chi connectivity index (χ0v) is 8.59. The van der Waals surface area contributed by atoms with Gasteiger partial charge >= 0.3 is 0 Å². The van der Waals surface area contributed by atoms with Crippen LogP contribution in [0.3, 0.4) is 0 Å². The zero-order valence-electron chi connectivity index (χ0n) is 7.02. The fraction of sp³-hybridized carbons (Fsp3) is 0.200. The zero-order chi connectivity index (χ0) is 8.72. The molecule has 2 aromatic rings. The van der Waals surface area contributed by atoms with Crippen LogP contribution >= 0.6 is 22.9 Å². The van der Waals surface area contributed by atoms with Crippen molar-refractivity contribution in [2.24, 2.45) is 0 Å². The average Bonchev–Trinajstić information content (AvgIpc) is 2.29. The fourth-order valence-corrected chi connectivity index (χ4v) is 2.67. The van der Waals surface area contributed by atoms with Crippen molar-refractivity contribution in [2.45, 2.75) is 13.8 Å². The molecule has 0 nitrogen and oxygen atoms in total. The molecule has 0 aliphatic carbocycles. The van der Waals surface area contributed by atoms with Crippen molar-refractivity contribution in [1.29, 1.82) is 0 Å². The summed E-state index contributed by atoms with van der Waals surface area (Å²) in [4.78, 5) is 0. The molecule has 0 bridgehead atoms. The highest BCUT2D eigenvalue weighted by atomic mass is 35.5. The van der Waals surface area contributed by atoms with E-state index in [-0.39, 0.29) is 0 Å². The maximum Gasteiger partial charge on any atom is 0.0940 e. The number of hydrogen-bond acceptors (Lipinski definition) is 1. The molecule has 0 aliphatic heterocycles. The minimum atomic E-state index is 0.874. The van der Waals surface area contributed by atoms with E-state index in [1.165, 1.54) is 21.2 Å². The Hall–Kier alpha value is -0.530. The Labute approximate surface area is 80.8 Å². The van der Waals surface area contributed by atoms with Crippen LogP contribution in [0.2, 0.25) is 4.34 Å². The van der Waals surface area contributed by atoms with Gasteiger partial charge in [-0.1, -0.05) is 29.3 Å². The van der Waals surface area contributed by atoms with E-state index in [2.05, 4.69) is 26.0 Å². The molecule has 0 unspecified atom stereocenters. The fourth-order valence-electron chi connectivity index (χ4n) is 1.48. The number of halogens is 1. The van der Waals surface area contributed by atoms with Gasteiger partial charge in [0.2, 0.25) is 0 Å². The highest BCUT2D eigenvalue weighted by molar-refractivity contribution is 7.22. The van der Waals surface area contributed by atoms with Gasteiger partial charge in [0.15, 0.2) is 0 Å². The van der Waals surface area contributed by atoms with Gasteiger partial charge in [0.25, 0.3) is 0 Å². The Balaban J connectivity index is 2.88. The average molecular weight is 197 g/mol. The van der Waals surface area contributed by atoms with Crippen molar-refractivity contribution in [3.63, 3.8) is 0 Å². The maximum atomic E-state index is 5.93. The second kappa shape index (κ2) is 2.75. The topological polar surface area (TPSA) is 0 Å². The monoisotopic (exact) mass is 196 g/mol. The third-order valence-corrected chi connectivity index (χ3v) is 3.33. The van der Waals surface area contributed by atoms with Crippen molar-refractivity contribution in [3.05, 3.63) is 33.7 Å². The van der Waals surface area contributed by atoms with Crippen molar-refractivity contribution in [2.75, 3.05) is 0 Å². The molecule has 0 radical (unpaired) electrons. The van der Waals surface area contributed by atoms with Gasteiger partial charge in [0.1, 0.15) is 0 Å². The number of hydrogen-bond donors (Lipinski definition) is 0. The molecule has 0 aliphatic rings. The van der Waals surface area contributed by atoms with Crippen molar-refractivity contribution >= 4 is 33.0 Å². The van der Waals surface area contributed by atoms with E-state index in [0.29, 0.717) is 0 Å².